The molecular formula is C17H18N4O4S2. The number of benzene rings is 1. The highest BCUT2D eigenvalue weighted by atomic mass is 32.2. The third-order valence-corrected chi connectivity index (χ3v) is 7.09. The van der Waals surface area contributed by atoms with E-state index in [0.29, 0.717) is 24.2 Å². The number of nitrogens with zero attached hydrogens (tertiary/aromatic N) is 4. The zero-order chi connectivity index (χ0) is 19.2. The Morgan fingerprint density at radius 3 is 2.81 bits per heavy atom. The maximum Gasteiger partial charge on any atom is 0.359 e. The van der Waals surface area contributed by atoms with Gasteiger partial charge in [0.05, 0.1) is 28.4 Å². The van der Waals surface area contributed by atoms with Crippen LogP contribution in [0.1, 0.15) is 6.42 Å². The highest BCUT2D eigenvalue weighted by molar-refractivity contribution is 7.90. The van der Waals surface area contributed by atoms with E-state index in [-0.39, 0.29) is 16.6 Å². The number of β-amino-alcohol motifs (C(OH)–C–C–N with tert-alkyl or cyclic N) is 1. The summed E-state index contributed by atoms with van der Waals surface area (Å²) in [5, 5.41) is 14.2. The molecule has 1 aliphatic heterocycles. The van der Waals surface area contributed by atoms with Crippen LogP contribution in [0, 0.1) is 0 Å². The number of fused-ring (bicyclic) bond motifs is 1. The summed E-state index contributed by atoms with van der Waals surface area (Å²) >= 11 is -1.33. The number of hydrogen-bond acceptors (Lipinski definition) is 6. The molecule has 0 saturated carbocycles. The first-order valence-corrected chi connectivity index (χ1v) is 11.3. The van der Waals surface area contributed by atoms with Crippen LogP contribution < -0.4 is 0 Å². The summed E-state index contributed by atoms with van der Waals surface area (Å²) in [6, 6.07) is 10.2. The van der Waals surface area contributed by atoms with Crippen LogP contribution in [0.2, 0.25) is 0 Å². The second-order valence-electron chi connectivity index (χ2n) is 6.38. The Morgan fingerprint density at radius 1 is 1.30 bits per heavy atom. The lowest BCUT2D eigenvalue weighted by molar-refractivity contribution is 0.189. The average Bonchev–Trinajstić information content (AvgIpc) is 3.27. The SMILES string of the molecule is C[S+]([O-])c1ncc2ccc(-c3cccc(S(=O)(=O)N4CCC(O)C4)c3)n2n1. The van der Waals surface area contributed by atoms with E-state index in [4.69, 9.17) is 0 Å². The molecule has 8 nitrogen and oxygen atoms in total. The van der Waals surface area contributed by atoms with Crippen molar-refractivity contribution in [2.45, 2.75) is 22.6 Å². The van der Waals surface area contributed by atoms with E-state index in [1.807, 2.05) is 12.1 Å². The van der Waals surface area contributed by atoms with E-state index < -0.39 is 27.3 Å². The van der Waals surface area contributed by atoms with Gasteiger partial charge in [0.2, 0.25) is 10.0 Å². The number of aliphatic hydroxyl groups is 1. The molecule has 142 valence electrons. The third-order valence-electron chi connectivity index (χ3n) is 4.53. The van der Waals surface area contributed by atoms with Crippen molar-refractivity contribution in [1.82, 2.24) is 18.9 Å². The molecule has 10 heteroatoms. The van der Waals surface area contributed by atoms with Crippen molar-refractivity contribution in [3.05, 3.63) is 42.6 Å². The fourth-order valence-electron chi connectivity index (χ4n) is 3.13. The number of aromatic nitrogens is 3. The second-order valence-corrected chi connectivity index (χ2v) is 9.59. The number of aliphatic hydroxyl groups excluding tert-OH is 1. The Kier molecular flexibility index (Phi) is 4.68. The Bertz CT molecular complexity index is 1100. The fraction of sp³-hybridized carbons (Fsp3) is 0.294. The molecule has 27 heavy (non-hydrogen) atoms. The molecule has 0 spiro atoms. The maximum atomic E-state index is 12.9. The van der Waals surface area contributed by atoms with E-state index in [1.54, 1.807) is 35.0 Å². The Labute approximate surface area is 159 Å². The normalized spacial score (nSPS) is 19.6. The van der Waals surface area contributed by atoms with Crippen LogP contribution >= 0.6 is 0 Å². The van der Waals surface area contributed by atoms with Crippen LogP contribution in [0.5, 0.6) is 0 Å². The molecule has 4 rings (SSSR count). The van der Waals surface area contributed by atoms with Crippen LogP contribution in [-0.4, -0.2) is 62.4 Å². The maximum absolute atomic E-state index is 12.9. The number of hydrogen-bond donors (Lipinski definition) is 1. The number of sulfonamides is 1. The van der Waals surface area contributed by atoms with Crippen LogP contribution in [0.15, 0.2) is 52.6 Å². The number of rotatable bonds is 4. The molecular weight excluding hydrogens is 388 g/mol. The van der Waals surface area contributed by atoms with Crippen LogP contribution in [0.25, 0.3) is 16.8 Å². The quantitative estimate of drug-likeness (QED) is 0.644. The van der Waals surface area contributed by atoms with Crippen molar-refractivity contribution in [1.29, 1.82) is 0 Å². The van der Waals surface area contributed by atoms with Gasteiger partial charge in [-0.1, -0.05) is 17.2 Å². The minimum atomic E-state index is -3.68. The van der Waals surface area contributed by atoms with Crippen LogP contribution in [0.4, 0.5) is 0 Å². The first-order valence-electron chi connectivity index (χ1n) is 8.33. The predicted octanol–water partition coefficient (Wildman–Crippen LogP) is 0.889. The van der Waals surface area contributed by atoms with Gasteiger partial charge in [-0.05, 0) is 30.7 Å². The molecule has 1 aromatic carbocycles. The molecule has 1 saturated heterocycles. The van der Waals surface area contributed by atoms with Crippen LogP contribution in [0.3, 0.4) is 0 Å². The summed E-state index contributed by atoms with van der Waals surface area (Å²) in [6.45, 7) is 0.417. The molecule has 2 unspecified atom stereocenters. The summed E-state index contributed by atoms with van der Waals surface area (Å²) < 4.78 is 40.3. The lowest BCUT2D eigenvalue weighted by Crippen LogP contribution is -2.29. The van der Waals surface area contributed by atoms with Crippen molar-refractivity contribution in [3.63, 3.8) is 0 Å². The molecule has 0 bridgehead atoms. The van der Waals surface area contributed by atoms with E-state index in [1.165, 1.54) is 10.6 Å². The summed E-state index contributed by atoms with van der Waals surface area (Å²) in [6.07, 6.45) is 2.90. The fourth-order valence-corrected chi connectivity index (χ4v) is 5.07. The van der Waals surface area contributed by atoms with Gasteiger partial charge in [-0.2, -0.15) is 9.29 Å². The van der Waals surface area contributed by atoms with Gasteiger partial charge in [0.1, 0.15) is 6.26 Å². The van der Waals surface area contributed by atoms with E-state index >= 15 is 0 Å². The van der Waals surface area contributed by atoms with Crippen molar-refractivity contribution < 1.29 is 18.1 Å². The van der Waals surface area contributed by atoms with Crippen molar-refractivity contribution in [3.8, 4) is 11.3 Å². The highest BCUT2D eigenvalue weighted by Gasteiger charge is 2.31. The van der Waals surface area contributed by atoms with Gasteiger partial charge in [0.15, 0.2) is 0 Å². The van der Waals surface area contributed by atoms with E-state index in [0.717, 1.165) is 5.52 Å². The Balaban J connectivity index is 1.77. The lowest BCUT2D eigenvalue weighted by atomic mass is 10.2. The molecule has 2 aromatic heterocycles. The highest BCUT2D eigenvalue weighted by Crippen LogP contribution is 2.27. The molecule has 0 radical (unpaired) electrons. The molecule has 1 fully saturated rings. The van der Waals surface area contributed by atoms with Crippen molar-refractivity contribution in [2.24, 2.45) is 0 Å². The van der Waals surface area contributed by atoms with Gasteiger partial charge in [-0.15, -0.1) is 0 Å². The van der Waals surface area contributed by atoms with Gasteiger partial charge in [0.25, 0.3) is 0 Å². The van der Waals surface area contributed by atoms with Crippen LogP contribution in [-0.2, 0) is 21.2 Å². The van der Waals surface area contributed by atoms with E-state index in [2.05, 4.69) is 10.1 Å². The lowest BCUT2D eigenvalue weighted by Gasteiger charge is -2.16. The molecule has 3 heterocycles. The molecule has 1 N–H and O–H groups in total. The summed E-state index contributed by atoms with van der Waals surface area (Å²) in [5.74, 6) is 0. The summed E-state index contributed by atoms with van der Waals surface area (Å²) in [5.41, 5.74) is 2.06. The van der Waals surface area contributed by atoms with Gasteiger partial charge in [0, 0.05) is 29.8 Å². The molecule has 2 atom stereocenters. The molecule has 1 aliphatic rings. The monoisotopic (exact) mass is 406 g/mol. The van der Waals surface area contributed by atoms with Gasteiger partial charge in [-0.3, -0.25) is 0 Å². The minimum Gasteiger partial charge on any atom is -0.609 e. The smallest absolute Gasteiger partial charge is 0.359 e. The predicted molar refractivity (Wildman–Crippen MR) is 100 cm³/mol. The molecule has 0 amide bonds. The van der Waals surface area contributed by atoms with Gasteiger partial charge >= 0.3 is 5.16 Å². The third kappa shape index (κ3) is 3.34. The second kappa shape index (κ2) is 6.88. The van der Waals surface area contributed by atoms with Crippen molar-refractivity contribution in [2.75, 3.05) is 19.3 Å². The first-order chi connectivity index (χ1) is 12.9. The van der Waals surface area contributed by atoms with Gasteiger partial charge < -0.3 is 9.66 Å². The minimum absolute atomic E-state index is 0.111. The first kappa shape index (κ1) is 18.4. The van der Waals surface area contributed by atoms with E-state index in [9.17, 15) is 18.1 Å². The zero-order valence-electron chi connectivity index (χ0n) is 14.5. The zero-order valence-corrected chi connectivity index (χ0v) is 16.2. The van der Waals surface area contributed by atoms with Crippen molar-refractivity contribution >= 4 is 26.7 Å². The van der Waals surface area contributed by atoms with Gasteiger partial charge in [-0.25, -0.2) is 12.9 Å². The summed E-state index contributed by atoms with van der Waals surface area (Å²) in [4.78, 5) is 4.24. The Hall–Kier alpha value is -1.98. The summed E-state index contributed by atoms with van der Waals surface area (Å²) in [7, 11) is -3.68. The average molecular weight is 406 g/mol. The molecule has 0 aliphatic carbocycles. The largest absolute Gasteiger partial charge is 0.609 e. The standard InChI is InChI=1S/C17H18N4O4S2/c1-26(23)17-18-10-13-5-6-16(21(13)19-17)12-3-2-4-15(9-12)27(24,25)20-8-7-14(22)11-20/h2-6,9-10,14,22H,7-8,11H2,1H3. The topological polar surface area (TPSA) is 111 Å². The Morgan fingerprint density at radius 2 is 2.11 bits per heavy atom. The molecule has 3 aromatic rings.